The molecule has 1 atom stereocenters. The molecule has 5 nitrogen and oxygen atoms in total. The Morgan fingerprint density at radius 3 is 2.48 bits per heavy atom. The molecule has 0 spiro atoms. The predicted octanol–water partition coefficient (Wildman–Crippen LogP) is 2.32. The molecule has 120 valence electrons. The van der Waals surface area contributed by atoms with E-state index in [1.807, 2.05) is 12.1 Å². The Morgan fingerprint density at radius 1 is 1.17 bits per heavy atom. The van der Waals surface area contributed by atoms with E-state index in [-0.39, 0.29) is 10.8 Å². The third-order valence-electron chi connectivity index (χ3n) is 3.84. The van der Waals surface area contributed by atoms with E-state index in [4.69, 9.17) is 0 Å². The number of benzene rings is 2. The van der Waals surface area contributed by atoms with Gasteiger partial charge in [-0.15, -0.1) is 0 Å². The number of likely N-dealkylation sites (N-methyl/N-ethyl adjacent to an activating group) is 1. The highest BCUT2D eigenvalue weighted by Gasteiger charge is 2.41. The minimum Gasteiger partial charge on any atom is -0.357 e. The molecule has 0 radical (unpaired) electrons. The minimum atomic E-state index is -3.82. The lowest BCUT2D eigenvalue weighted by atomic mass is 10.1. The van der Waals surface area contributed by atoms with Gasteiger partial charge in [-0.2, -0.15) is 0 Å². The average molecular weight is 395 g/mol. The first-order valence-electron chi connectivity index (χ1n) is 7.04. The van der Waals surface area contributed by atoms with Crippen molar-refractivity contribution in [2.45, 2.75) is 17.4 Å². The van der Waals surface area contributed by atoms with Crippen molar-refractivity contribution < 1.29 is 13.2 Å². The maximum atomic E-state index is 13.1. The molecule has 0 fully saturated rings. The largest absolute Gasteiger partial charge is 0.357 e. The van der Waals surface area contributed by atoms with Crippen molar-refractivity contribution in [3.05, 3.63) is 58.6 Å². The first kappa shape index (κ1) is 16.0. The molecule has 7 heteroatoms. The van der Waals surface area contributed by atoms with Gasteiger partial charge in [0.15, 0.2) is 0 Å². The lowest BCUT2D eigenvalue weighted by Crippen LogP contribution is -2.47. The second-order valence-electron chi connectivity index (χ2n) is 5.22. The van der Waals surface area contributed by atoms with Gasteiger partial charge in [0.25, 0.3) is 10.0 Å². The van der Waals surface area contributed by atoms with E-state index in [9.17, 15) is 13.2 Å². The number of hydrogen-bond acceptors (Lipinski definition) is 3. The molecule has 0 aromatic heterocycles. The Bertz CT molecular complexity index is 850. The van der Waals surface area contributed by atoms with Crippen molar-refractivity contribution in [1.29, 1.82) is 0 Å². The minimum absolute atomic E-state index is 0.159. The fourth-order valence-corrected chi connectivity index (χ4v) is 4.65. The number of para-hydroxylation sites is 1. The first-order chi connectivity index (χ1) is 10.9. The monoisotopic (exact) mass is 394 g/mol. The van der Waals surface area contributed by atoms with Crippen LogP contribution in [0, 0.1) is 0 Å². The highest BCUT2D eigenvalue weighted by Crippen LogP contribution is 2.36. The number of halogens is 1. The Morgan fingerprint density at radius 2 is 1.83 bits per heavy atom. The summed E-state index contributed by atoms with van der Waals surface area (Å²) in [7, 11) is -2.31. The van der Waals surface area contributed by atoms with E-state index in [2.05, 4.69) is 21.2 Å². The topological polar surface area (TPSA) is 66.5 Å². The van der Waals surface area contributed by atoms with Crippen LogP contribution in [0.2, 0.25) is 0 Å². The maximum Gasteiger partial charge on any atom is 0.265 e. The van der Waals surface area contributed by atoms with Crippen LogP contribution in [0.1, 0.15) is 5.56 Å². The van der Waals surface area contributed by atoms with E-state index in [1.54, 1.807) is 24.3 Å². The first-order valence-corrected chi connectivity index (χ1v) is 9.28. The summed E-state index contributed by atoms with van der Waals surface area (Å²) in [5, 5.41) is 2.55. The van der Waals surface area contributed by atoms with Gasteiger partial charge in [0, 0.05) is 17.9 Å². The third-order valence-corrected chi connectivity index (χ3v) is 6.21. The standard InChI is InChI=1S/C16H15BrN2O3S/c1-18-16(20)15-10-11-4-2-3-5-14(11)19(15)23(21,22)13-8-6-12(17)7-9-13/h2-9,15H,10H2,1H3,(H,18,20). The van der Waals surface area contributed by atoms with Crippen LogP contribution >= 0.6 is 15.9 Å². The van der Waals surface area contributed by atoms with Crippen molar-refractivity contribution in [2.75, 3.05) is 11.4 Å². The van der Waals surface area contributed by atoms with Crippen LogP contribution in [0.5, 0.6) is 0 Å². The summed E-state index contributed by atoms with van der Waals surface area (Å²) in [6.07, 6.45) is 0.367. The summed E-state index contributed by atoms with van der Waals surface area (Å²) in [4.78, 5) is 12.4. The molecule has 1 unspecified atom stereocenters. The number of rotatable bonds is 3. The van der Waals surface area contributed by atoms with Crippen molar-refractivity contribution in [3.8, 4) is 0 Å². The molecule has 2 aromatic carbocycles. The molecule has 1 aliphatic heterocycles. The zero-order chi connectivity index (χ0) is 16.6. The Kier molecular flexibility index (Phi) is 4.16. The van der Waals surface area contributed by atoms with Gasteiger partial charge in [-0.3, -0.25) is 9.10 Å². The van der Waals surface area contributed by atoms with E-state index in [0.717, 1.165) is 10.0 Å². The third kappa shape index (κ3) is 2.74. The van der Waals surface area contributed by atoms with Gasteiger partial charge in [0.05, 0.1) is 10.6 Å². The van der Waals surface area contributed by atoms with Crippen LogP contribution in [-0.4, -0.2) is 27.4 Å². The number of nitrogens with one attached hydrogen (secondary N) is 1. The molecular formula is C16H15BrN2O3S. The van der Waals surface area contributed by atoms with Gasteiger partial charge in [0.2, 0.25) is 5.91 Å². The van der Waals surface area contributed by atoms with Crippen LogP contribution in [0.4, 0.5) is 5.69 Å². The molecule has 1 N–H and O–H groups in total. The smallest absolute Gasteiger partial charge is 0.265 e. The second kappa shape index (κ2) is 5.98. The average Bonchev–Trinajstić information content (AvgIpc) is 2.94. The fraction of sp³-hybridized carbons (Fsp3) is 0.188. The molecule has 0 saturated heterocycles. The SMILES string of the molecule is CNC(=O)C1Cc2ccccc2N1S(=O)(=O)c1ccc(Br)cc1. The number of nitrogens with zero attached hydrogens (tertiary/aromatic N) is 1. The zero-order valence-corrected chi connectivity index (χ0v) is 14.8. The van der Waals surface area contributed by atoms with Gasteiger partial charge in [-0.25, -0.2) is 8.42 Å². The summed E-state index contributed by atoms with van der Waals surface area (Å²) in [5.41, 5.74) is 1.41. The Hall–Kier alpha value is -1.86. The lowest BCUT2D eigenvalue weighted by molar-refractivity contribution is -0.121. The van der Waals surface area contributed by atoms with Crippen LogP contribution < -0.4 is 9.62 Å². The predicted molar refractivity (Wildman–Crippen MR) is 91.8 cm³/mol. The summed E-state index contributed by atoms with van der Waals surface area (Å²) in [5.74, 6) is -0.318. The van der Waals surface area contributed by atoms with E-state index < -0.39 is 16.1 Å². The highest BCUT2D eigenvalue weighted by atomic mass is 79.9. The molecule has 23 heavy (non-hydrogen) atoms. The second-order valence-corrected chi connectivity index (χ2v) is 7.95. The van der Waals surface area contributed by atoms with Gasteiger partial charge in [0.1, 0.15) is 6.04 Å². The molecule has 0 saturated carbocycles. The molecule has 0 aliphatic carbocycles. The summed E-state index contributed by atoms with van der Waals surface area (Å²) < 4.78 is 28.2. The van der Waals surface area contributed by atoms with Crippen LogP contribution in [0.15, 0.2) is 57.9 Å². The zero-order valence-electron chi connectivity index (χ0n) is 12.4. The van der Waals surface area contributed by atoms with Crippen LogP contribution in [0.25, 0.3) is 0 Å². The number of amides is 1. The number of sulfonamides is 1. The van der Waals surface area contributed by atoms with Gasteiger partial charge in [-0.05, 0) is 35.9 Å². The molecular weight excluding hydrogens is 380 g/mol. The maximum absolute atomic E-state index is 13.1. The van der Waals surface area contributed by atoms with Crippen LogP contribution in [-0.2, 0) is 21.2 Å². The van der Waals surface area contributed by atoms with E-state index >= 15 is 0 Å². The summed E-state index contributed by atoms with van der Waals surface area (Å²) in [6, 6.07) is 12.8. The van der Waals surface area contributed by atoms with E-state index in [0.29, 0.717) is 12.1 Å². The van der Waals surface area contributed by atoms with Crippen molar-refractivity contribution in [3.63, 3.8) is 0 Å². The Balaban J connectivity index is 2.13. The number of anilines is 1. The molecule has 1 amide bonds. The van der Waals surface area contributed by atoms with Gasteiger partial charge >= 0.3 is 0 Å². The Labute approximate surface area is 143 Å². The van der Waals surface area contributed by atoms with Gasteiger partial charge < -0.3 is 5.32 Å². The van der Waals surface area contributed by atoms with Crippen molar-refractivity contribution in [2.24, 2.45) is 0 Å². The lowest BCUT2D eigenvalue weighted by Gasteiger charge is -2.25. The van der Waals surface area contributed by atoms with Crippen molar-refractivity contribution in [1.82, 2.24) is 5.32 Å². The normalized spacial score (nSPS) is 17.0. The molecule has 3 rings (SSSR count). The highest BCUT2D eigenvalue weighted by molar-refractivity contribution is 9.10. The molecule has 0 bridgehead atoms. The van der Waals surface area contributed by atoms with Gasteiger partial charge in [-0.1, -0.05) is 34.1 Å². The molecule has 1 heterocycles. The number of carbonyl (C=O) groups excluding carboxylic acids is 1. The number of carbonyl (C=O) groups is 1. The fourth-order valence-electron chi connectivity index (χ4n) is 2.74. The molecule has 2 aromatic rings. The van der Waals surface area contributed by atoms with Crippen molar-refractivity contribution >= 4 is 37.5 Å². The number of fused-ring (bicyclic) bond motifs is 1. The molecule has 1 aliphatic rings. The van der Waals surface area contributed by atoms with E-state index in [1.165, 1.54) is 23.5 Å². The summed E-state index contributed by atoms with van der Waals surface area (Å²) >= 11 is 3.30. The summed E-state index contributed by atoms with van der Waals surface area (Å²) in [6.45, 7) is 0. The number of hydrogen-bond donors (Lipinski definition) is 1. The quantitative estimate of drug-likeness (QED) is 0.868. The van der Waals surface area contributed by atoms with Crippen LogP contribution in [0.3, 0.4) is 0 Å².